The molecular formula is C8H10S. The predicted octanol–water partition coefficient (Wildman–Crippen LogP) is 2.97. The van der Waals surface area contributed by atoms with Gasteiger partial charge in [-0.3, -0.25) is 0 Å². The Morgan fingerprint density at radius 2 is 2.11 bits per heavy atom. The Balaban J connectivity index is 2.50. The Labute approximate surface area is 59.5 Å². The zero-order valence-corrected chi connectivity index (χ0v) is 6.53. The molecule has 2 atom stereocenters. The fourth-order valence-electron chi connectivity index (χ4n) is 1.48. The molecule has 48 valence electrons. The summed E-state index contributed by atoms with van der Waals surface area (Å²) in [7, 11) is 0. The van der Waals surface area contributed by atoms with Crippen molar-refractivity contribution < 1.29 is 0 Å². The van der Waals surface area contributed by atoms with Crippen molar-refractivity contribution in [3.63, 3.8) is 0 Å². The fraction of sp³-hybridized carbons (Fsp3) is 0.500. The van der Waals surface area contributed by atoms with Gasteiger partial charge in [0.05, 0.1) is 0 Å². The molecule has 0 amide bonds. The van der Waals surface area contributed by atoms with Crippen LogP contribution < -0.4 is 0 Å². The summed E-state index contributed by atoms with van der Waals surface area (Å²) < 4.78 is 0. The Hall–Kier alpha value is -0.300. The minimum atomic E-state index is 0.825. The third-order valence-electron chi connectivity index (χ3n) is 2.38. The molecule has 2 rings (SSSR count). The highest BCUT2D eigenvalue weighted by Crippen LogP contribution is 2.48. The molecular weight excluding hydrogens is 128 g/mol. The van der Waals surface area contributed by atoms with Crippen LogP contribution in [-0.2, 0) is 0 Å². The summed E-state index contributed by atoms with van der Waals surface area (Å²) in [4.78, 5) is 1.61. The van der Waals surface area contributed by atoms with Crippen molar-refractivity contribution >= 4 is 11.3 Å². The van der Waals surface area contributed by atoms with Gasteiger partial charge in [0.25, 0.3) is 0 Å². The Morgan fingerprint density at radius 1 is 1.33 bits per heavy atom. The van der Waals surface area contributed by atoms with Gasteiger partial charge in [0.1, 0.15) is 0 Å². The van der Waals surface area contributed by atoms with Gasteiger partial charge >= 0.3 is 0 Å². The second kappa shape index (κ2) is 1.60. The average molecular weight is 138 g/mol. The normalized spacial score (nSPS) is 31.3. The molecule has 9 heavy (non-hydrogen) atoms. The van der Waals surface area contributed by atoms with Gasteiger partial charge in [-0.2, -0.15) is 0 Å². The van der Waals surface area contributed by atoms with Gasteiger partial charge < -0.3 is 0 Å². The van der Waals surface area contributed by atoms with Crippen LogP contribution in [0.2, 0.25) is 0 Å². The number of rotatable bonds is 0. The van der Waals surface area contributed by atoms with E-state index < -0.39 is 0 Å². The zero-order valence-electron chi connectivity index (χ0n) is 5.72. The third-order valence-corrected chi connectivity index (χ3v) is 3.51. The van der Waals surface area contributed by atoms with E-state index >= 15 is 0 Å². The first-order valence-corrected chi connectivity index (χ1v) is 4.26. The van der Waals surface area contributed by atoms with Crippen LogP contribution in [-0.4, -0.2) is 0 Å². The van der Waals surface area contributed by atoms with E-state index in [2.05, 4.69) is 25.3 Å². The maximum atomic E-state index is 2.31. The average Bonchev–Trinajstić information content (AvgIpc) is 2.30. The molecule has 1 aliphatic carbocycles. The first kappa shape index (κ1) is 5.48. The van der Waals surface area contributed by atoms with Crippen LogP contribution in [0.5, 0.6) is 0 Å². The molecule has 0 radical (unpaired) electrons. The number of hydrogen-bond acceptors (Lipinski definition) is 1. The van der Waals surface area contributed by atoms with Crippen LogP contribution in [0.3, 0.4) is 0 Å². The number of fused-ring (bicyclic) bond motifs is 1. The van der Waals surface area contributed by atoms with Crippen molar-refractivity contribution in [2.45, 2.75) is 25.7 Å². The first-order chi connectivity index (χ1) is 4.30. The van der Waals surface area contributed by atoms with E-state index in [4.69, 9.17) is 0 Å². The molecule has 1 aromatic rings. The molecule has 0 fully saturated rings. The van der Waals surface area contributed by atoms with E-state index in [-0.39, 0.29) is 0 Å². The maximum absolute atomic E-state index is 2.31. The van der Waals surface area contributed by atoms with E-state index in [1.807, 2.05) is 11.3 Å². The van der Waals surface area contributed by atoms with Gasteiger partial charge in [0, 0.05) is 4.88 Å². The highest BCUT2D eigenvalue weighted by atomic mass is 32.1. The van der Waals surface area contributed by atoms with Crippen molar-refractivity contribution in [3.8, 4) is 0 Å². The number of thiophene rings is 1. The van der Waals surface area contributed by atoms with Crippen molar-refractivity contribution in [1.82, 2.24) is 0 Å². The van der Waals surface area contributed by atoms with Crippen molar-refractivity contribution in [2.24, 2.45) is 0 Å². The smallest absolute Gasteiger partial charge is 0.0114 e. The lowest BCUT2D eigenvalue weighted by atomic mass is 9.76. The minimum absolute atomic E-state index is 0.825. The zero-order chi connectivity index (χ0) is 6.43. The fourth-order valence-corrected chi connectivity index (χ4v) is 2.65. The first-order valence-electron chi connectivity index (χ1n) is 3.38. The summed E-state index contributed by atoms with van der Waals surface area (Å²) >= 11 is 1.90. The molecule has 2 unspecified atom stereocenters. The summed E-state index contributed by atoms with van der Waals surface area (Å²) in [5.74, 6) is 1.66. The van der Waals surface area contributed by atoms with Gasteiger partial charge in [0.2, 0.25) is 0 Å². The van der Waals surface area contributed by atoms with Gasteiger partial charge in [0.15, 0.2) is 0 Å². The van der Waals surface area contributed by atoms with Crippen LogP contribution in [0.1, 0.15) is 36.1 Å². The van der Waals surface area contributed by atoms with Crippen LogP contribution >= 0.6 is 11.3 Å². The molecule has 1 aromatic heterocycles. The molecule has 0 spiro atoms. The van der Waals surface area contributed by atoms with E-state index in [0.29, 0.717) is 0 Å². The molecule has 1 heteroatoms. The van der Waals surface area contributed by atoms with E-state index in [9.17, 15) is 0 Å². The van der Waals surface area contributed by atoms with E-state index in [1.165, 1.54) is 0 Å². The van der Waals surface area contributed by atoms with E-state index in [0.717, 1.165) is 11.8 Å². The largest absolute Gasteiger partial charge is 0.148 e. The molecule has 0 saturated carbocycles. The predicted molar refractivity (Wildman–Crippen MR) is 41.1 cm³/mol. The summed E-state index contributed by atoms with van der Waals surface area (Å²) in [5.41, 5.74) is 1.59. The topological polar surface area (TPSA) is 0 Å². The highest BCUT2D eigenvalue weighted by Gasteiger charge is 2.31. The quantitative estimate of drug-likeness (QED) is 0.517. The minimum Gasteiger partial charge on any atom is -0.148 e. The summed E-state index contributed by atoms with van der Waals surface area (Å²) in [6.45, 7) is 4.61. The molecule has 0 nitrogen and oxygen atoms in total. The van der Waals surface area contributed by atoms with Crippen molar-refractivity contribution in [3.05, 3.63) is 21.9 Å². The molecule has 1 aliphatic rings. The monoisotopic (exact) mass is 138 g/mol. The van der Waals surface area contributed by atoms with Gasteiger partial charge in [-0.05, 0) is 28.8 Å². The summed E-state index contributed by atoms with van der Waals surface area (Å²) in [6, 6.07) is 2.25. The van der Waals surface area contributed by atoms with Gasteiger partial charge in [-0.15, -0.1) is 11.3 Å². The Morgan fingerprint density at radius 3 is 2.78 bits per heavy atom. The molecule has 0 bridgehead atoms. The summed E-state index contributed by atoms with van der Waals surface area (Å²) in [5, 5.41) is 2.20. The Kier molecular flexibility index (Phi) is 0.974. The third kappa shape index (κ3) is 0.531. The lowest BCUT2D eigenvalue weighted by Gasteiger charge is -2.30. The molecule has 0 aliphatic heterocycles. The van der Waals surface area contributed by atoms with E-state index in [1.54, 1.807) is 10.4 Å². The van der Waals surface area contributed by atoms with Gasteiger partial charge in [-0.1, -0.05) is 13.8 Å². The lowest BCUT2D eigenvalue weighted by Crippen LogP contribution is -2.15. The molecule has 0 saturated heterocycles. The van der Waals surface area contributed by atoms with Crippen LogP contribution in [0.4, 0.5) is 0 Å². The summed E-state index contributed by atoms with van der Waals surface area (Å²) in [6.07, 6.45) is 0. The standard InChI is InChI=1S/C8H10S/c1-5-6(2)8-7(5)3-4-9-8/h3-6H,1-2H3. The lowest BCUT2D eigenvalue weighted by molar-refractivity contribution is 0.558. The van der Waals surface area contributed by atoms with Crippen LogP contribution in [0, 0.1) is 0 Å². The molecule has 1 heterocycles. The second-order valence-corrected chi connectivity index (χ2v) is 3.77. The molecule has 0 N–H and O–H groups in total. The molecule has 0 aromatic carbocycles. The highest BCUT2D eigenvalue weighted by molar-refractivity contribution is 7.10. The van der Waals surface area contributed by atoms with Crippen LogP contribution in [0.15, 0.2) is 11.4 Å². The van der Waals surface area contributed by atoms with Crippen molar-refractivity contribution in [2.75, 3.05) is 0 Å². The van der Waals surface area contributed by atoms with Crippen LogP contribution in [0.25, 0.3) is 0 Å². The second-order valence-electron chi connectivity index (χ2n) is 2.82. The van der Waals surface area contributed by atoms with Gasteiger partial charge in [-0.25, -0.2) is 0 Å². The SMILES string of the molecule is CC1c2ccsc2C1C. The van der Waals surface area contributed by atoms with Crippen molar-refractivity contribution in [1.29, 1.82) is 0 Å². The maximum Gasteiger partial charge on any atom is 0.0114 e. The number of hydrogen-bond donors (Lipinski definition) is 0. The Bertz CT molecular complexity index is 202.